The molecule has 1 aromatic carbocycles. The SMILES string of the molecule is CNC(Cc1cccc(C)c1)Cc1cccs1. The molecule has 0 saturated carbocycles. The first-order chi connectivity index (χ1) is 8.28. The lowest BCUT2D eigenvalue weighted by Crippen LogP contribution is -2.29. The summed E-state index contributed by atoms with van der Waals surface area (Å²) in [7, 11) is 2.05. The third kappa shape index (κ3) is 3.69. The van der Waals surface area contributed by atoms with E-state index < -0.39 is 0 Å². The zero-order valence-corrected chi connectivity index (χ0v) is 11.3. The summed E-state index contributed by atoms with van der Waals surface area (Å²) in [5, 5.41) is 5.56. The number of aryl methyl sites for hydroxylation is 1. The fourth-order valence-electron chi connectivity index (χ4n) is 2.07. The van der Waals surface area contributed by atoms with E-state index in [1.54, 1.807) is 0 Å². The van der Waals surface area contributed by atoms with E-state index in [-0.39, 0.29) is 0 Å². The van der Waals surface area contributed by atoms with Crippen molar-refractivity contribution < 1.29 is 0 Å². The van der Waals surface area contributed by atoms with Crippen LogP contribution in [0.1, 0.15) is 16.0 Å². The molecule has 2 rings (SSSR count). The van der Waals surface area contributed by atoms with E-state index in [9.17, 15) is 0 Å². The van der Waals surface area contributed by atoms with Crippen LogP contribution in [0.4, 0.5) is 0 Å². The van der Waals surface area contributed by atoms with E-state index in [0.29, 0.717) is 6.04 Å². The number of nitrogens with one attached hydrogen (secondary N) is 1. The van der Waals surface area contributed by atoms with Gasteiger partial charge in [-0.15, -0.1) is 11.3 Å². The monoisotopic (exact) mass is 245 g/mol. The maximum atomic E-state index is 3.41. The minimum absolute atomic E-state index is 0.524. The lowest BCUT2D eigenvalue weighted by atomic mass is 10.0. The second-order valence-corrected chi connectivity index (χ2v) is 5.49. The molecule has 1 atom stereocenters. The number of hydrogen-bond acceptors (Lipinski definition) is 2. The topological polar surface area (TPSA) is 12.0 Å². The van der Waals surface area contributed by atoms with Crippen molar-refractivity contribution >= 4 is 11.3 Å². The maximum Gasteiger partial charge on any atom is 0.0153 e. The molecule has 0 fully saturated rings. The normalized spacial score (nSPS) is 12.6. The molecule has 0 saturated heterocycles. The summed E-state index contributed by atoms with van der Waals surface area (Å²) < 4.78 is 0. The molecule has 0 bridgehead atoms. The molecular formula is C15H19NS. The molecule has 1 aromatic heterocycles. The van der Waals surface area contributed by atoms with Crippen LogP contribution in [-0.4, -0.2) is 13.1 Å². The molecule has 1 nitrogen and oxygen atoms in total. The van der Waals surface area contributed by atoms with E-state index in [0.717, 1.165) is 12.8 Å². The van der Waals surface area contributed by atoms with Crippen LogP contribution in [-0.2, 0) is 12.8 Å². The van der Waals surface area contributed by atoms with Crippen molar-refractivity contribution in [3.05, 3.63) is 57.8 Å². The second-order valence-electron chi connectivity index (χ2n) is 4.46. The van der Waals surface area contributed by atoms with Gasteiger partial charge in [0.15, 0.2) is 0 Å². The first-order valence-corrected chi connectivity index (χ1v) is 6.91. The average molecular weight is 245 g/mol. The molecule has 0 amide bonds. The third-order valence-corrected chi connectivity index (χ3v) is 3.90. The van der Waals surface area contributed by atoms with Gasteiger partial charge in [-0.05, 0) is 43.8 Å². The first-order valence-electron chi connectivity index (χ1n) is 6.03. The van der Waals surface area contributed by atoms with Gasteiger partial charge in [-0.2, -0.15) is 0 Å². The van der Waals surface area contributed by atoms with Gasteiger partial charge < -0.3 is 5.32 Å². The fourth-order valence-corrected chi connectivity index (χ4v) is 2.86. The molecule has 1 heterocycles. The number of benzene rings is 1. The highest BCUT2D eigenvalue weighted by Gasteiger charge is 2.09. The molecule has 0 aliphatic rings. The van der Waals surface area contributed by atoms with Crippen molar-refractivity contribution in [1.29, 1.82) is 0 Å². The molecule has 2 aromatic rings. The lowest BCUT2D eigenvalue weighted by Gasteiger charge is -2.15. The van der Waals surface area contributed by atoms with E-state index in [4.69, 9.17) is 0 Å². The molecule has 2 heteroatoms. The summed E-state index contributed by atoms with van der Waals surface area (Å²) in [6, 6.07) is 13.6. The number of rotatable bonds is 5. The highest BCUT2D eigenvalue weighted by molar-refractivity contribution is 7.09. The predicted molar refractivity (Wildman–Crippen MR) is 75.8 cm³/mol. The first kappa shape index (κ1) is 12.3. The fraction of sp³-hybridized carbons (Fsp3) is 0.333. The molecule has 0 aliphatic heterocycles. The van der Waals surface area contributed by atoms with Gasteiger partial charge in [-0.25, -0.2) is 0 Å². The highest BCUT2D eigenvalue weighted by Crippen LogP contribution is 2.14. The van der Waals surface area contributed by atoms with Gasteiger partial charge in [-0.3, -0.25) is 0 Å². The molecule has 0 aliphatic carbocycles. The zero-order valence-electron chi connectivity index (χ0n) is 10.4. The van der Waals surface area contributed by atoms with Gasteiger partial charge >= 0.3 is 0 Å². The quantitative estimate of drug-likeness (QED) is 0.851. The largest absolute Gasteiger partial charge is 0.316 e. The third-order valence-electron chi connectivity index (χ3n) is 3.00. The Morgan fingerprint density at radius 3 is 2.71 bits per heavy atom. The second kappa shape index (κ2) is 5.99. The van der Waals surface area contributed by atoms with Crippen LogP contribution in [0.25, 0.3) is 0 Å². The van der Waals surface area contributed by atoms with E-state index in [2.05, 4.69) is 54.0 Å². The van der Waals surface area contributed by atoms with Crippen LogP contribution in [0.5, 0.6) is 0 Å². The van der Waals surface area contributed by atoms with Crippen LogP contribution in [0.2, 0.25) is 0 Å². The van der Waals surface area contributed by atoms with Crippen molar-refractivity contribution in [3.8, 4) is 0 Å². The minimum atomic E-state index is 0.524. The van der Waals surface area contributed by atoms with Crippen molar-refractivity contribution in [1.82, 2.24) is 5.32 Å². The highest BCUT2D eigenvalue weighted by atomic mass is 32.1. The Labute approximate surface area is 108 Å². The molecule has 1 N–H and O–H groups in total. The van der Waals surface area contributed by atoms with E-state index in [1.165, 1.54) is 16.0 Å². The van der Waals surface area contributed by atoms with Crippen molar-refractivity contribution in [3.63, 3.8) is 0 Å². The molecule has 0 spiro atoms. The summed E-state index contributed by atoms with van der Waals surface area (Å²) in [4.78, 5) is 1.46. The number of likely N-dealkylation sites (N-methyl/N-ethyl adjacent to an activating group) is 1. The maximum absolute atomic E-state index is 3.41. The summed E-state index contributed by atoms with van der Waals surface area (Å²) in [5.74, 6) is 0. The van der Waals surface area contributed by atoms with Crippen LogP contribution < -0.4 is 5.32 Å². The lowest BCUT2D eigenvalue weighted by molar-refractivity contribution is 0.560. The van der Waals surface area contributed by atoms with Crippen LogP contribution >= 0.6 is 11.3 Å². The smallest absolute Gasteiger partial charge is 0.0153 e. The van der Waals surface area contributed by atoms with Crippen molar-refractivity contribution in [2.75, 3.05) is 7.05 Å². The molecular weight excluding hydrogens is 226 g/mol. The minimum Gasteiger partial charge on any atom is -0.316 e. The van der Waals surface area contributed by atoms with Crippen molar-refractivity contribution in [2.24, 2.45) is 0 Å². The van der Waals surface area contributed by atoms with Gasteiger partial charge in [0.25, 0.3) is 0 Å². The van der Waals surface area contributed by atoms with Gasteiger partial charge in [0.1, 0.15) is 0 Å². The molecule has 17 heavy (non-hydrogen) atoms. The Hall–Kier alpha value is -1.12. The number of hydrogen-bond donors (Lipinski definition) is 1. The van der Waals surface area contributed by atoms with Gasteiger partial charge in [0.2, 0.25) is 0 Å². The van der Waals surface area contributed by atoms with E-state index in [1.807, 2.05) is 18.4 Å². The Kier molecular flexibility index (Phi) is 4.35. The Bertz CT molecular complexity index is 448. The summed E-state index contributed by atoms with van der Waals surface area (Å²) in [6.07, 6.45) is 2.21. The Morgan fingerprint density at radius 1 is 1.18 bits per heavy atom. The van der Waals surface area contributed by atoms with Crippen LogP contribution in [0.3, 0.4) is 0 Å². The molecule has 1 unspecified atom stereocenters. The van der Waals surface area contributed by atoms with Crippen LogP contribution in [0, 0.1) is 6.92 Å². The molecule has 90 valence electrons. The summed E-state index contributed by atoms with van der Waals surface area (Å²) in [5.41, 5.74) is 2.76. The molecule has 0 radical (unpaired) electrons. The van der Waals surface area contributed by atoms with Crippen LogP contribution in [0.15, 0.2) is 41.8 Å². The number of thiophene rings is 1. The predicted octanol–water partition coefficient (Wildman–Crippen LogP) is 3.43. The van der Waals surface area contributed by atoms with Gasteiger partial charge in [0.05, 0.1) is 0 Å². The average Bonchev–Trinajstić information content (AvgIpc) is 2.81. The Balaban J connectivity index is 2.00. The summed E-state index contributed by atoms with van der Waals surface area (Å²) >= 11 is 1.84. The Morgan fingerprint density at radius 2 is 2.06 bits per heavy atom. The van der Waals surface area contributed by atoms with Gasteiger partial charge in [-0.1, -0.05) is 35.9 Å². The van der Waals surface area contributed by atoms with Crippen molar-refractivity contribution in [2.45, 2.75) is 25.8 Å². The summed E-state index contributed by atoms with van der Waals surface area (Å²) in [6.45, 7) is 2.15. The van der Waals surface area contributed by atoms with Gasteiger partial charge in [0, 0.05) is 10.9 Å². The standard InChI is InChI=1S/C15H19NS/c1-12-5-3-6-13(9-12)10-14(16-2)11-15-7-4-8-17-15/h3-9,14,16H,10-11H2,1-2H3. The zero-order chi connectivity index (χ0) is 12.1. The van der Waals surface area contributed by atoms with E-state index >= 15 is 0 Å².